The summed E-state index contributed by atoms with van der Waals surface area (Å²) in [5, 5.41) is 9.58. The molecule has 1 amide bonds. The number of carbonyl (C=O) groups excluding carboxylic acids is 1. The Morgan fingerprint density at radius 1 is 1.07 bits per heavy atom. The molecule has 2 atom stereocenters. The highest BCUT2D eigenvalue weighted by molar-refractivity contribution is 5.79. The zero-order valence-electron chi connectivity index (χ0n) is 15.0. The van der Waals surface area contributed by atoms with Gasteiger partial charge < -0.3 is 9.84 Å². The summed E-state index contributed by atoms with van der Waals surface area (Å²) >= 11 is 0. The van der Waals surface area contributed by atoms with Crippen LogP contribution in [-0.4, -0.2) is 47.6 Å². The average molecular weight is 391 g/mol. The van der Waals surface area contributed by atoms with E-state index in [1.54, 1.807) is 0 Å². The van der Waals surface area contributed by atoms with Gasteiger partial charge in [0.1, 0.15) is 12.6 Å². The van der Waals surface area contributed by atoms with Gasteiger partial charge in [-0.15, -0.1) is 0 Å². The number of ether oxygens (including phenoxy) is 1. The van der Waals surface area contributed by atoms with Crippen molar-refractivity contribution in [2.75, 3.05) is 13.2 Å². The second-order valence-electron chi connectivity index (χ2n) is 7.23. The smallest absolute Gasteiger partial charge is 0.410 e. The summed E-state index contributed by atoms with van der Waals surface area (Å²) < 4.78 is 45.2. The Balaban J connectivity index is 1.52. The molecule has 0 unspecified atom stereocenters. The number of rotatable bonds is 2. The third-order valence-corrected chi connectivity index (χ3v) is 5.52. The van der Waals surface area contributed by atoms with E-state index < -0.39 is 30.8 Å². The van der Waals surface area contributed by atoms with Crippen LogP contribution >= 0.6 is 0 Å². The average Bonchev–Trinajstić information content (AvgIpc) is 2.99. The minimum Gasteiger partial charge on any atom is -0.448 e. The van der Waals surface area contributed by atoms with Crippen LogP contribution in [0.5, 0.6) is 0 Å². The summed E-state index contributed by atoms with van der Waals surface area (Å²) in [4.78, 5) is 13.2. The van der Waals surface area contributed by atoms with E-state index in [1.807, 2.05) is 48.5 Å². The number of nitrogens with zero attached hydrogens (tertiary/aromatic N) is 1. The highest BCUT2D eigenvalue weighted by atomic mass is 19.4. The Hall–Kier alpha value is -2.54. The number of aliphatic hydroxyl groups is 1. The maximum atomic E-state index is 13.3. The van der Waals surface area contributed by atoms with E-state index in [1.165, 1.54) is 0 Å². The molecule has 1 aliphatic heterocycles. The molecular weight excluding hydrogens is 371 g/mol. The number of carbonyl (C=O) groups is 1. The first-order chi connectivity index (χ1) is 13.4. The lowest BCUT2D eigenvalue weighted by Crippen LogP contribution is -2.54. The van der Waals surface area contributed by atoms with E-state index in [2.05, 4.69) is 0 Å². The third-order valence-electron chi connectivity index (χ3n) is 5.52. The molecular formula is C21H20F3NO3. The number of amides is 1. The number of hydrogen-bond donors (Lipinski definition) is 1. The molecule has 1 N–H and O–H groups in total. The monoisotopic (exact) mass is 391 g/mol. The fourth-order valence-electron chi connectivity index (χ4n) is 4.15. The van der Waals surface area contributed by atoms with Gasteiger partial charge in [-0.1, -0.05) is 48.5 Å². The van der Waals surface area contributed by atoms with Crippen LogP contribution in [-0.2, 0) is 4.74 Å². The number of benzene rings is 2. The molecule has 1 saturated heterocycles. The Bertz CT molecular complexity index is 838. The topological polar surface area (TPSA) is 49.8 Å². The molecule has 2 aromatic rings. The van der Waals surface area contributed by atoms with Crippen molar-refractivity contribution in [2.24, 2.45) is 0 Å². The first-order valence-electron chi connectivity index (χ1n) is 9.22. The predicted molar refractivity (Wildman–Crippen MR) is 96.9 cm³/mol. The fourth-order valence-corrected chi connectivity index (χ4v) is 4.15. The number of hydrogen-bond acceptors (Lipinski definition) is 3. The second-order valence-corrected chi connectivity index (χ2v) is 7.23. The molecule has 4 nitrogen and oxygen atoms in total. The first kappa shape index (κ1) is 18.8. The highest BCUT2D eigenvalue weighted by Gasteiger charge is 2.49. The van der Waals surface area contributed by atoms with E-state index >= 15 is 0 Å². The van der Waals surface area contributed by atoms with E-state index in [0.29, 0.717) is 4.90 Å². The molecule has 1 fully saturated rings. The number of likely N-dealkylation sites (tertiary alicyclic amines) is 1. The van der Waals surface area contributed by atoms with Crippen LogP contribution in [0.1, 0.15) is 29.9 Å². The van der Waals surface area contributed by atoms with Crippen molar-refractivity contribution >= 4 is 6.09 Å². The van der Waals surface area contributed by atoms with Gasteiger partial charge in [-0.3, -0.25) is 4.90 Å². The van der Waals surface area contributed by atoms with E-state index in [4.69, 9.17) is 4.74 Å². The van der Waals surface area contributed by atoms with Crippen molar-refractivity contribution < 1.29 is 27.8 Å². The number of halogens is 3. The minimum absolute atomic E-state index is 0.0313. The fraction of sp³-hybridized carbons (Fsp3) is 0.381. The number of piperidine rings is 1. The normalized spacial score (nSPS) is 21.9. The van der Waals surface area contributed by atoms with Gasteiger partial charge in [-0.25, -0.2) is 4.79 Å². The van der Waals surface area contributed by atoms with Gasteiger partial charge in [-0.2, -0.15) is 13.2 Å². The lowest BCUT2D eigenvalue weighted by Gasteiger charge is -2.38. The maximum Gasteiger partial charge on any atom is 0.410 e. The molecule has 1 heterocycles. The molecule has 28 heavy (non-hydrogen) atoms. The van der Waals surface area contributed by atoms with Crippen molar-refractivity contribution in [1.82, 2.24) is 4.90 Å². The molecule has 0 spiro atoms. The van der Waals surface area contributed by atoms with Gasteiger partial charge in [0.25, 0.3) is 0 Å². The molecule has 7 heteroatoms. The lowest BCUT2D eigenvalue weighted by atomic mass is 9.98. The van der Waals surface area contributed by atoms with Crippen molar-refractivity contribution in [3.8, 4) is 11.1 Å². The Morgan fingerprint density at radius 2 is 1.64 bits per heavy atom. The van der Waals surface area contributed by atoms with Crippen LogP contribution in [0.4, 0.5) is 18.0 Å². The molecule has 0 saturated carbocycles. The van der Waals surface area contributed by atoms with E-state index in [-0.39, 0.29) is 25.5 Å². The number of fused-ring (bicyclic) bond motifs is 3. The lowest BCUT2D eigenvalue weighted by molar-refractivity contribution is -0.194. The van der Waals surface area contributed by atoms with Crippen molar-refractivity contribution in [3.05, 3.63) is 59.7 Å². The van der Waals surface area contributed by atoms with Gasteiger partial charge in [0.2, 0.25) is 0 Å². The number of alkyl halides is 3. The molecule has 4 rings (SSSR count). The standard InChI is InChI=1S/C21H20F3NO3/c22-21(23,24)19-11-13(26)9-10-25(19)20(27)28-12-18-16-7-3-1-5-14(16)15-6-2-4-8-17(15)18/h1-8,13,18-19,26H,9-12H2/t13-,19+/m1/s1. The van der Waals surface area contributed by atoms with Crippen molar-refractivity contribution in [1.29, 1.82) is 0 Å². The van der Waals surface area contributed by atoms with E-state index in [0.717, 1.165) is 22.3 Å². The van der Waals surface area contributed by atoms with Gasteiger partial charge in [0, 0.05) is 18.9 Å². The summed E-state index contributed by atoms with van der Waals surface area (Å²) in [6.45, 7) is -0.210. The Labute approximate surface area is 160 Å². The Morgan fingerprint density at radius 3 is 2.21 bits per heavy atom. The van der Waals surface area contributed by atoms with Gasteiger partial charge in [0.05, 0.1) is 6.10 Å². The molecule has 2 aromatic carbocycles. The summed E-state index contributed by atoms with van der Waals surface area (Å²) in [6.07, 6.45) is -7.07. The Kier molecular flexibility index (Phi) is 4.79. The van der Waals surface area contributed by atoms with E-state index in [9.17, 15) is 23.1 Å². The molecule has 2 aliphatic rings. The second kappa shape index (κ2) is 7.13. The van der Waals surface area contributed by atoms with Crippen LogP contribution in [0.3, 0.4) is 0 Å². The van der Waals surface area contributed by atoms with Gasteiger partial charge in [0.15, 0.2) is 0 Å². The molecule has 0 aromatic heterocycles. The molecule has 1 aliphatic carbocycles. The summed E-state index contributed by atoms with van der Waals surface area (Å²) in [6, 6.07) is 13.5. The maximum absolute atomic E-state index is 13.3. The zero-order valence-corrected chi connectivity index (χ0v) is 15.0. The quantitative estimate of drug-likeness (QED) is 0.829. The van der Waals surface area contributed by atoms with Crippen molar-refractivity contribution in [3.63, 3.8) is 0 Å². The minimum atomic E-state index is -4.60. The highest BCUT2D eigenvalue weighted by Crippen LogP contribution is 2.44. The van der Waals surface area contributed by atoms with Crippen LogP contribution in [0.25, 0.3) is 11.1 Å². The van der Waals surface area contributed by atoms with Gasteiger partial charge in [-0.05, 0) is 28.7 Å². The predicted octanol–water partition coefficient (Wildman–Crippen LogP) is 4.32. The molecule has 0 radical (unpaired) electrons. The summed E-state index contributed by atoms with van der Waals surface area (Å²) in [5.74, 6) is -0.212. The number of aliphatic hydroxyl groups excluding tert-OH is 1. The molecule has 148 valence electrons. The van der Waals surface area contributed by atoms with Crippen LogP contribution < -0.4 is 0 Å². The van der Waals surface area contributed by atoms with Crippen LogP contribution in [0.2, 0.25) is 0 Å². The van der Waals surface area contributed by atoms with Crippen molar-refractivity contribution in [2.45, 2.75) is 37.1 Å². The summed E-state index contributed by atoms with van der Waals surface area (Å²) in [7, 11) is 0. The first-order valence-corrected chi connectivity index (χ1v) is 9.22. The summed E-state index contributed by atoms with van der Waals surface area (Å²) in [5.41, 5.74) is 4.10. The SMILES string of the molecule is O=C(OCC1c2ccccc2-c2ccccc21)N1CC[C@@H](O)C[C@H]1C(F)(F)F. The largest absolute Gasteiger partial charge is 0.448 e. The third kappa shape index (κ3) is 3.35. The van der Waals surface area contributed by atoms with Crippen LogP contribution in [0, 0.1) is 0 Å². The van der Waals surface area contributed by atoms with Gasteiger partial charge >= 0.3 is 12.3 Å². The van der Waals surface area contributed by atoms with Crippen LogP contribution in [0.15, 0.2) is 48.5 Å². The zero-order chi connectivity index (χ0) is 19.9. The molecule has 0 bridgehead atoms.